The summed E-state index contributed by atoms with van der Waals surface area (Å²) < 4.78 is 10.0. The maximum Gasteiger partial charge on any atom is 0.133 e. The van der Waals surface area contributed by atoms with Crippen LogP contribution >= 0.6 is 0 Å². The van der Waals surface area contributed by atoms with Gasteiger partial charge in [-0.1, -0.05) is 17.3 Å². The van der Waals surface area contributed by atoms with Crippen molar-refractivity contribution in [3.05, 3.63) is 47.3 Å². The lowest BCUT2D eigenvalue weighted by Gasteiger charge is -2.12. The summed E-state index contributed by atoms with van der Waals surface area (Å²) in [6, 6.07) is 9.24. The predicted molar refractivity (Wildman–Crippen MR) is 70.9 cm³/mol. The molecular weight excluding hydrogens is 244 g/mol. The molecule has 0 spiro atoms. The Balaban J connectivity index is 1.81. The molecule has 1 aromatic carbocycles. The van der Waals surface area contributed by atoms with Gasteiger partial charge in [-0.05, 0) is 24.6 Å². The molecule has 0 fully saturated rings. The van der Waals surface area contributed by atoms with Crippen LogP contribution in [0.5, 0.6) is 5.75 Å². The molecule has 0 aliphatic rings. The summed E-state index contributed by atoms with van der Waals surface area (Å²) >= 11 is 0. The molecule has 0 aliphatic carbocycles. The van der Waals surface area contributed by atoms with Crippen molar-refractivity contribution in [2.24, 2.45) is 0 Å². The van der Waals surface area contributed by atoms with E-state index in [1.807, 2.05) is 37.3 Å². The van der Waals surface area contributed by atoms with E-state index in [4.69, 9.17) is 9.26 Å². The van der Waals surface area contributed by atoms with Crippen molar-refractivity contribution in [3.63, 3.8) is 0 Å². The van der Waals surface area contributed by atoms with Crippen molar-refractivity contribution >= 4 is 0 Å². The van der Waals surface area contributed by atoms with Crippen LogP contribution in [0, 0.1) is 6.92 Å². The largest absolute Gasteiger partial charge is 0.497 e. The highest BCUT2D eigenvalue weighted by atomic mass is 16.5. The molecule has 102 valence electrons. The van der Waals surface area contributed by atoms with Crippen LogP contribution in [0.1, 0.15) is 23.1 Å². The van der Waals surface area contributed by atoms with Crippen molar-refractivity contribution in [1.29, 1.82) is 0 Å². The molecule has 2 N–H and O–H groups in total. The normalized spacial score (nSPS) is 12.4. The van der Waals surface area contributed by atoms with E-state index in [9.17, 15) is 5.11 Å². The average molecular weight is 262 g/mol. The molecule has 1 heterocycles. The Labute approximate surface area is 112 Å². The van der Waals surface area contributed by atoms with Gasteiger partial charge in [-0.25, -0.2) is 0 Å². The fourth-order valence-corrected chi connectivity index (χ4v) is 1.78. The Morgan fingerprint density at radius 3 is 2.68 bits per heavy atom. The maximum absolute atomic E-state index is 10.0. The minimum atomic E-state index is -0.557. The molecule has 1 unspecified atom stereocenters. The third-order valence-corrected chi connectivity index (χ3v) is 2.82. The fourth-order valence-electron chi connectivity index (χ4n) is 1.78. The van der Waals surface area contributed by atoms with Crippen LogP contribution in [0.15, 0.2) is 34.9 Å². The molecule has 5 nitrogen and oxygen atoms in total. The average Bonchev–Trinajstić information content (AvgIpc) is 2.84. The molecule has 1 aromatic heterocycles. The molecule has 0 saturated carbocycles. The lowest BCUT2D eigenvalue weighted by atomic mass is 10.1. The van der Waals surface area contributed by atoms with Gasteiger partial charge < -0.3 is 19.7 Å². The first-order valence-electron chi connectivity index (χ1n) is 6.14. The zero-order chi connectivity index (χ0) is 13.7. The number of aryl methyl sites for hydroxylation is 1. The maximum atomic E-state index is 10.0. The number of methoxy groups -OCH3 is 1. The van der Waals surface area contributed by atoms with Gasteiger partial charge in [0.15, 0.2) is 0 Å². The Morgan fingerprint density at radius 2 is 2.11 bits per heavy atom. The zero-order valence-electron chi connectivity index (χ0n) is 11.1. The van der Waals surface area contributed by atoms with Gasteiger partial charge in [-0.3, -0.25) is 0 Å². The molecule has 0 radical (unpaired) electrons. The molecular formula is C14H18N2O3. The van der Waals surface area contributed by atoms with E-state index >= 15 is 0 Å². The minimum Gasteiger partial charge on any atom is -0.497 e. The van der Waals surface area contributed by atoms with Crippen LogP contribution in [-0.4, -0.2) is 23.9 Å². The number of nitrogens with zero attached hydrogens (tertiary/aromatic N) is 1. The summed E-state index contributed by atoms with van der Waals surface area (Å²) in [6.45, 7) is 2.88. The number of ether oxygens (including phenoxy) is 1. The molecule has 0 bridgehead atoms. The lowest BCUT2D eigenvalue weighted by molar-refractivity contribution is 0.174. The lowest BCUT2D eigenvalue weighted by Crippen LogP contribution is -2.21. The number of hydrogen-bond donors (Lipinski definition) is 2. The van der Waals surface area contributed by atoms with E-state index in [1.54, 1.807) is 7.11 Å². The number of aromatic nitrogens is 1. The second-order valence-electron chi connectivity index (χ2n) is 4.35. The van der Waals surface area contributed by atoms with E-state index < -0.39 is 6.10 Å². The van der Waals surface area contributed by atoms with Gasteiger partial charge in [0.2, 0.25) is 0 Å². The Hall–Kier alpha value is -1.85. The summed E-state index contributed by atoms with van der Waals surface area (Å²) in [4.78, 5) is 0. The van der Waals surface area contributed by atoms with Crippen molar-refractivity contribution in [2.45, 2.75) is 19.6 Å². The molecule has 19 heavy (non-hydrogen) atoms. The van der Waals surface area contributed by atoms with Crippen molar-refractivity contribution in [2.75, 3.05) is 13.7 Å². The van der Waals surface area contributed by atoms with Gasteiger partial charge in [-0.15, -0.1) is 0 Å². The van der Waals surface area contributed by atoms with Crippen molar-refractivity contribution < 1.29 is 14.4 Å². The number of rotatable bonds is 6. The van der Waals surface area contributed by atoms with E-state index in [0.717, 1.165) is 22.8 Å². The van der Waals surface area contributed by atoms with E-state index in [0.29, 0.717) is 13.1 Å². The third-order valence-electron chi connectivity index (χ3n) is 2.82. The van der Waals surface area contributed by atoms with Crippen LogP contribution in [-0.2, 0) is 6.54 Å². The topological polar surface area (TPSA) is 67.5 Å². The van der Waals surface area contributed by atoms with E-state index in [2.05, 4.69) is 10.5 Å². The SMILES string of the molecule is COc1ccc(C(O)CNCc2cc(C)on2)cc1. The zero-order valence-corrected chi connectivity index (χ0v) is 11.1. The van der Waals surface area contributed by atoms with Gasteiger partial charge in [0.25, 0.3) is 0 Å². The molecule has 5 heteroatoms. The Kier molecular flexibility index (Phi) is 4.54. The van der Waals surface area contributed by atoms with Crippen LogP contribution in [0.4, 0.5) is 0 Å². The predicted octanol–water partition coefficient (Wildman–Crippen LogP) is 1.81. The first-order valence-corrected chi connectivity index (χ1v) is 6.14. The summed E-state index contributed by atoms with van der Waals surface area (Å²) in [7, 11) is 1.62. The Morgan fingerprint density at radius 1 is 1.37 bits per heavy atom. The molecule has 0 saturated heterocycles. The molecule has 2 rings (SSSR count). The van der Waals surface area contributed by atoms with Gasteiger partial charge in [-0.2, -0.15) is 0 Å². The number of aliphatic hydroxyl groups excluding tert-OH is 1. The van der Waals surface area contributed by atoms with Crippen LogP contribution in [0.3, 0.4) is 0 Å². The second-order valence-corrected chi connectivity index (χ2v) is 4.35. The highest BCUT2D eigenvalue weighted by Gasteiger charge is 2.08. The van der Waals surface area contributed by atoms with Crippen molar-refractivity contribution in [3.8, 4) is 5.75 Å². The summed E-state index contributed by atoms with van der Waals surface area (Å²) in [5, 5.41) is 17.0. The smallest absolute Gasteiger partial charge is 0.133 e. The summed E-state index contributed by atoms with van der Waals surface area (Å²) in [5.74, 6) is 1.56. The number of nitrogens with one attached hydrogen (secondary N) is 1. The molecule has 0 aliphatic heterocycles. The minimum absolute atomic E-state index is 0.457. The fraction of sp³-hybridized carbons (Fsp3) is 0.357. The van der Waals surface area contributed by atoms with Gasteiger partial charge in [0, 0.05) is 19.2 Å². The molecule has 2 aromatic rings. The highest BCUT2D eigenvalue weighted by Crippen LogP contribution is 2.17. The first kappa shape index (κ1) is 13.6. The third kappa shape index (κ3) is 3.81. The summed E-state index contributed by atoms with van der Waals surface area (Å²) in [6.07, 6.45) is -0.557. The first-order chi connectivity index (χ1) is 9.19. The number of benzene rings is 1. The summed E-state index contributed by atoms with van der Waals surface area (Å²) in [5.41, 5.74) is 1.68. The number of aliphatic hydroxyl groups is 1. The molecule has 1 atom stereocenters. The van der Waals surface area contributed by atoms with Gasteiger partial charge in [0.1, 0.15) is 11.5 Å². The van der Waals surface area contributed by atoms with Crippen LogP contribution in [0.2, 0.25) is 0 Å². The van der Waals surface area contributed by atoms with E-state index in [1.165, 1.54) is 0 Å². The second kappa shape index (κ2) is 6.36. The van der Waals surface area contributed by atoms with Crippen molar-refractivity contribution in [1.82, 2.24) is 10.5 Å². The Bertz CT molecular complexity index is 508. The molecule has 0 amide bonds. The quantitative estimate of drug-likeness (QED) is 0.831. The van der Waals surface area contributed by atoms with Gasteiger partial charge in [0.05, 0.1) is 18.9 Å². The van der Waals surface area contributed by atoms with Gasteiger partial charge >= 0.3 is 0 Å². The van der Waals surface area contributed by atoms with Crippen LogP contribution in [0.25, 0.3) is 0 Å². The monoisotopic (exact) mass is 262 g/mol. The van der Waals surface area contributed by atoms with Crippen LogP contribution < -0.4 is 10.1 Å². The standard InChI is InChI=1S/C14H18N2O3/c1-10-7-12(16-19-10)8-15-9-14(17)11-3-5-13(18-2)6-4-11/h3-7,14-15,17H,8-9H2,1-2H3. The van der Waals surface area contributed by atoms with E-state index in [-0.39, 0.29) is 0 Å². The highest BCUT2D eigenvalue weighted by molar-refractivity contribution is 5.28. The number of hydrogen-bond acceptors (Lipinski definition) is 5.